The maximum atomic E-state index is 14.7. The van der Waals surface area contributed by atoms with Crippen molar-refractivity contribution in [1.82, 2.24) is 35.3 Å². The predicted octanol–water partition coefficient (Wildman–Crippen LogP) is 4.95. The molecule has 3 aliphatic rings. The summed E-state index contributed by atoms with van der Waals surface area (Å²) in [5, 5.41) is 17.3. The van der Waals surface area contributed by atoms with Crippen LogP contribution >= 0.6 is 11.6 Å². The van der Waals surface area contributed by atoms with Gasteiger partial charge in [-0.3, -0.25) is 39.0 Å². The summed E-state index contributed by atoms with van der Waals surface area (Å²) in [7, 11) is 0. The van der Waals surface area contributed by atoms with Gasteiger partial charge in [-0.1, -0.05) is 41.9 Å². The second-order valence-corrected chi connectivity index (χ2v) is 16.9. The maximum absolute atomic E-state index is 14.7. The number of nitrogens with one attached hydrogen (secondary N) is 6. The number of fused-ring (bicyclic) bond motifs is 1. The highest BCUT2D eigenvalue weighted by Crippen LogP contribution is 2.32. The molecule has 8 rings (SSSR count). The summed E-state index contributed by atoms with van der Waals surface area (Å²) in [6.45, 7) is 3.21. The molecule has 1 unspecified atom stereocenters. The van der Waals surface area contributed by atoms with Crippen LogP contribution in [0.2, 0.25) is 5.02 Å². The molecule has 22 heteroatoms. The molecule has 5 aromatic rings. The van der Waals surface area contributed by atoms with E-state index >= 15 is 0 Å². The number of imide groups is 2. The van der Waals surface area contributed by atoms with Crippen molar-refractivity contribution in [3.05, 3.63) is 130 Å². The molecule has 71 heavy (non-hydrogen) atoms. The zero-order valence-corrected chi connectivity index (χ0v) is 38.9. The van der Waals surface area contributed by atoms with Crippen molar-refractivity contribution in [2.45, 2.75) is 25.3 Å². The van der Waals surface area contributed by atoms with Gasteiger partial charge in [-0.2, -0.15) is 4.98 Å². The van der Waals surface area contributed by atoms with Crippen molar-refractivity contribution in [2.24, 2.45) is 0 Å². The fraction of sp³-hybridized carbons (Fsp3) is 0.286. The van der Waals surface area contributed by atoms with E-state index in [9.17, 15) is 38.0 Å². The van der Waals surface area contributed by atoms with E-state index in [1.165, 1.54) is 6.07 Å². The van der Waals surface area contributed by atoms with Crippen LogP contribution in [0.1, 0.15) is 49.5 Å². The molecule has 0 bridgehead atoms. The first-order valence-corrected chi connectivity index (χ1v) is 23.2. The standard InChI is InChI=1S/C49H49ClFN11O9/c50-35-5-1-2-6-37(35)57-44(65)31-10-14-32(15-11-31)55-43-36(51)29-54-48(59-43)56-33-12-8-30(9-13-33)28-41(64)60-20-22-61(23-21-60)49(69)53-19-25-71-27-26-70-24-18-52-38-7-3-4-34-42(38)47(68)62(46(34)67)39-16-17-40(63)58-45(39)66/h1-15,29,39,52H,16-28H2,(H,53,69)(H,57,65)(H,58,63,66)(H2,54,55,56,59). The van der Waals surface area contributed by atoms with Crippen molar-refractivity contribution >= 4 is 87.6 Å². The quantitative estimate of drug-likeness (QED) is 0.0474. The van der Waals surface area contributed by atoms with Crippen molar-refractivity contribution in [3.8, 4) is 0 Å². The molecular weight excluding hydrogens is 941 g/mol. The molecule has 0 saturated carbocycles. The van der Waals surface area contributed by atoms with E-state index in [1.54, 1.807) is 94.7 Å². The summed E-state index contributed by atoms with van der Waals surface area (Å²) < 4.78 is 25.9. The number of piperazine rings is 1. The number of anilines is 6. The Hall–Kier alpha value is -8.01. The summed E-state index contributed by atoms with van der Waals surface area (Å²) >= 11 is 6.15. The van der Waals surface area contributed by atoms with Crippen LogP contribution in [0.4, 0.5) is 43.7 Å². The number of aromatic nitrogens is 2. The summed E-state index contributed by atoms with van der Waals surface area (Å²) in [6.07, 6.45) is 1.31. The molecule has 2 saturated heterocycles. The molecule has 20 nitrogen and oxygen atoms in total. The van der Waals surface area contributed by atoms with Crippen LogP contribution in [0.25, 0.3) is 0 Å². The molecule has 1 aromatic heterocycles. The molecule has 8 amide bonds. The lowest BCUT2D eigenvalue weighted by molar-refractivity contribution is -0.136. The fourth-order valence-corrected chi connectivity index (χ4v) is 8.16. The van der Waals surface area contributed by atoms with Gasteiger partial charge in [-0.15, -0.1) is 0 Å². The lowest BCUT2D eigenvalue weighted by atomic mass is 10.0. The zero-order chi connectivity index (χ0) is 49.9. The van der Waals surface area contributed by atoms with Crippen molar-refractivity contribution in [2.75, 3.05) is 87.0 Å². The van der Waals surface area contributed by atoms with E-state index in [4.69, 9.17) is 21.1 Å². The third-order valence-electron chi connectivity index (χ3n) is 11.7. The third-order valence-corrected chi connectivity index (χ3v) is 12.0. The molecule has 0 spiro atoms. The number of halogens is 2. The molecule has 6 N–H and O–H groups in total. The van der Waals surface area contributed by atoms with Crippen molar-refractivity contribution < 1.29 is 47.4 Å². The Labute approximate surface area is 411 Å². The Kier molecular flexibility index (Phi) is 16.1. The average Bonchev–Trinajstić information content (AvgIpc) is 3.63. The first-order chi connectivity index (χ1) is 34.4. The topological polar surface area (TPSA) is 246 Å². The lowest BCUT2D eigenvalue weighted by Gasteiger charge is -2.34. The molecule has 0 radical (unpaired) electrons. The Morgan fingerprint density at radius 3 is 2.17 bits per heavy atom. The smallest absolute Gasteiger partial charge is 0.317 e. The summed E-state index contributed by atoms with van der Waals surface area (Å²) in [4.78, 5) is 102. The average molecular weight is 990 g/mol. The molecule has 4 heterocycles. The Morgan fingerprint density at radius 1 is 0.761 bits per heavy atom. The van der Waals surface area contributed by atoms with Gasteiger partial charge < -0.3 is 45.9 Å². The minimum absolute atomic E-state index is 0.0375. The Bertz CT molecular complexity index is 2810. The van der Waals surface area contributed by atoms with E-state index in [0.29, 0.717) is 66.1 Å². The number of hydrogen-bond acceptors (Lipinski definition) is 14. The van der Waals surface area contributed by atoms with E-state index in [0.717, 1.165) is 16.7 Å². The molecule has 1 atom stereocenters. The van der Waals surface area contributed by atoms with E-state index in [-0.39, 0.29) is 93.0 Å². The molecule has 4 aromatic carbocycles. The number of para-hydroxylation sites is 1. The SMILES string of the molecule is O=C1CCC(N2C(=O)c3cccc(NCCOCCOCCNC(=O)N4CCN(C(=O)Cc5ccc(Nc6ncc(F)c(Nc7ccc(C(=O)Nc8ccccc8Cl)cc7)n6)cc5)CC4)c3C2=O)C(=O)N1. The van der Waals surface area contributed by atoms with Crippen LogP contribution in [0.5, 0.6) is 0 Å². The first-order valence-electron chi connectivity index (χ1n) is 22.8. The normalized spacial score (nSPS) is 15.5. The van der Waals surface area contributed by atoms with Gasteiger partial charge in [0.1, 0.15) is 6.04 Å². The van der Waals surface area contributed by atoms with Gasteiger partial charge >= 0.3 is 6.03 Å². The summed E-state index contributed by atoms with van der Waals surface area (Å²) in [5.74, 6) is -3.33. The first kappa shape index (κ1) is 49.4. The van der Waals surface area contributed by atoms with Crippen LogP contribution in [-0.4, -0.2) is 138 Å². The number of ether oxygens (including phenoxy) is 2. The number of piperidine rings is 1. The van der Waals surface area contributed by atoms with Crippen LogP contribution in [-0.2, 0) is 30.3 Å². The summed E-state index contributed by atoms with van der Waals surface area (Å²) in [5.41, 5.74) is 3.54. The minimum Gasteiger partial charge on any atom is -0.382 e. The number of carbonyl (C=O) groups excluding carboxylic acids is 7. The monoisotopic (exact) mass is 989 g/mol. The van der Waals surface area contributed by atoms with Gasteiger partial charge in [-0.05, 0) is 72.6 Å². The van der Waals surface area contributed by atoms with Crippen LogP contribution in [0.15, 0.2) is 97.2 Å². The third kappa shape index (κ3) is 12.4. The van der Waals surface area contributed by atoms with Gasteiger partial charge in [0.25, 0.3) is 17.7 Å². The number of rotatable bonds is 19. The highest BCUT2D eigenvalue weighted by molar-refractivity contribution is 6.34. The van der Waals surface area contributed by atoms with Crippen LogP contribution in [0.3, 0.4) is 0 Å². The van der Waals surface area contributed by atoms with Crippen LogP contribution < -0.4 is 31.9 Å². The minimum atomic E-state index is -1.05. The molecule has 368 valence electrons. The van der Waals surface area contributed by atoms with Gasteiger partial charge in [0.2, 0.25) is 23.7 Å². The molecule has 2 fully saturated rings. The highest BCUT2D eigenvalue weighted by Gasteiger charge is 2.45. The van der Waals surface area contributed by atoms with Crippen LogP contribution in [0, 0.1) is 5.82 Å². The molecule has 3 aliphatic heterocycles. The van der Waals surface area contributed by atoms with Crippen molar-refractivity contribution in [3.63, 3.8) is 0 Å². The van der Waals surface area contributed by atoms with E-state index in [1.807, 2.05) is 0 Å². The highest BCUT2D eigenvalue weighted by atomic mass is 35.5. The van der Waals surface area contributed by atoms with Gasteiger partial charge in [0, 0.05) is 68.3 Å². The Balaban J connectivity index is 0.682. The zero-order valence-electron chi connectivity index (χ0n) is 38.2. The fourth-order valence-electron chi connectivity index (χ4n) is 7.98. The largest absolute Gasteiger partial charge is 0.382 e. The number of benzene rings is 4. The second kappa shape index (κ2) is 23.1. The number of nitrogens with zero attached hydrogens (tertiary/aromatic N) is 5. The number of urea groups is 1. The number of amides is 8. The lowest BCUT2D eigenvalue weighted by Crippen LogP contribution is -2.54. The van der Waals surface area contributed by atoms with E-state index < -0.39 is 35.5 Å². The number of carbonyl (C=O) groups is 7. The Morgan fingerprint density at radius 2 is 1.44 bits per heavy atom. The molecule has 0 aliphatic carbocycles. The van der Waals surface area contributed by atoms with Gasteiger partial charge in [0.15, 0.2) is 11.6 Å². The van der Waals surface area contributed by atoms with E-state index in [2.05, 4.69) is 41.9 Å². The van der Waals surface area contributed by atoms with Crippen molar-refractivity contribution in [1.29, 1.82) is 0 Å². The van der Waals surface area contributed by atoms with Gasteiger partial charge in [-0.25, -0.2) is 14.2 Å². The summed E-state index contributed by atoms with van der Waals surface area (Å²) in [6, 6.07) is 24.0. The second-order valence-electron chi connectivity index (χ2n) is 16.5. The van der Waals surface area contributed by atoms with Gasteiger partial charge in [0.05, 0.1) is 60.9 Å². The number of hydrogen-bond donors (Lipinski definition) is 6. The maximum Gasteiger partial charge on any atom is 0.317 e. The molecular formula is C49H49ClFN11O9. The predicted molar refractivity (Wildman–Crippen MR) is 259 cm³/mol.